The molecular weight excluding hydrogens is 689 g/mol. The molecular formula is C43H53Cl2N5O2. The molecule has 4 fully saturated rings. The van der Waals surface area contributed by atoms with Crippen molar-refractivity contribution in [3.05, 3.63) is 81.8 Å². The first-order valence-electron chi connectivity index (χ1n) is 19.4. The van der Waals surface area contributed by atoms with E-state index in [1.54, 1.807) is 19.1 Å². The first-order valence-corrected chi connectivity index (χ1v) is 20.1. The Morgan fingerprint density at radius 2 is 1.58 bits per heavy atom. The maximum absolute atomic E-state index is 13.5. The minimum Gasteiger partial charge on any atom is -0.372 e. The molecule has 0 radical (unpaired) electrons. The Morgan fingerprint density at radius 1 is 0.923 bits per heavy atom. The summed E-state index contributed by atoms with van der Waals surface area (Å²) in [6.07, 6.45) is 10.8. The predicted octanol–water partition coefficient (Wildman–Crippen LogP) is 9.56. The summed E-state index contributed by atoms with van der Waals surface area (Å²) in [7, 11) is 0. The Morgan fingerprint density at radius 3 is 2.17 bits per heavy atom. The Balaban J connectivity index is 1.21. The van der Waals surface area contributed by atoms with Crippen molar-refractivity contribution in [1.82, 2.24) is 14.9 Å². The minimum absolute atomic E-state index is 0.0169. The molecule has 276 valence electrons. The number of halogens is 2. The molecule has 8 rings (SSSR count). The van der Waals surface area contributed by atoms with Gasteiger partial charge in [-0.1, -0.05) is 49.2 Å². The highest BCUT2D eigenvalue weighted by Crippen LogP contribution is 2.61. The van der Waals surface area contributed by atoms with Crippen LogP contribution < -0.4 is 16.0 Å². The van der Waals surface area contributed by atoms with E-state index in [4.69, 9.17) is 33.9 Å². The minimum atomic E-state index is -0.824. The topological polar surface area (TPSA) is 93.2 Å². The van der Waals surface area contributed by atoms with E-state index in [1.165, 1.54) is 44.2 Å². The van der Waals surface area contributed by atoms with Crippen LogP contribution in [-0.4, -0.2) is 40.4 Å². The van der Waals surface area contributed by atoms with E-state index >= 15 is 0 Å². The Labute approximate surface area is 318 Å². The van der Waals surface area contributed by atoms with E-state index < -0.39 is 12.1 Å². The van der Waals surface area contributed by atoms with Gasteiger partial charge in [-0.2, -0.15) is 0 Å². The zero-order chi connectivity index (χ0) is 36.6. The van der Waals surface area contributed by atoms with Gasteiger partial charge in [0.2, 0.25) is 5.91 Å². The van der Waals surface area contributed by atoms with E-state index in [9.17, 15) is 9.59 Å². The van der Waals surface area contributed by atoms with Crippen LogP contribution in [-0.2, 0) is 22.6 Å². The molecule has 9 heteroatoms. The van der Waals surface area contributed by atoms with Gasteiger partial charge in [0.05, 0.1) is 33.2 Å². The van der Waals surface area contributed by atoms with Gasteiger partial charge in [-0.15, -0.1) is 0 Å². The van der Waals surface area contributed by atoms with Crippen LogP contribution in [0.2, 0.25) is 10.0 Å². The van der Waals surface area contributed by atoms with E-state index in [-0.39, 0.29) is 18.1 Å². The van der Waals surface area contributed by atoms with E-state index in [2.05, 4.69) is 71.1 Å². The number of hydrogen-bond donors (Lipinski definition) is 2. The number of rotatable bonds is 15. The number of hydrogen-bond acceptors (Lipinski definition) is 5. The van der Waals surface area contributed by atoms with Crippen LogP contribution in [0.4, 0.5) is 5.69 Å². The summed E-state index contributed by atoms with van der Waals surface area (Å²) in [5.41, 5.74) is 12.7. The zero-order valence-corrected chi connectivity index (χ0v) is 32.4. The second kappa shape index (κ2) is 15.5. The molecule has 4 bridgehead atoms. The third-order valence-electron chi connectivity index (χ3n) is 11.9. The molecule has 3 aromatic carbocycles. The van der Waals surface area contributed by atoms with Crippen molar-refractivity contribution >= 4 is 51.6 Å². The third-order valence-corrected chi connectivity index (χ3v) is 12.6. The largest absolute Gasteiger partial charge is 0.372 e. The van der Waals surface area contributed by atoms with Gasteiger partial charge in [0.15, 0.2) is 0 Å². The number of Topliss-reactive ketones (excluding diaryl/α,β-unsaturated/α-hetero) is 1. The quantitative estimate of drug-likeness (QED) is 0.127. The molecule has 2 atom stereocenters. The molecule has 4 aromatic rings. The number of ketones is 1. The van der Waals surface area contributed by atoms with Gasteiger partial charge in [-0.3, -0.25) is 9.59 Å². The first kappa shape index (κ1) is 36.9. The van der Waals surface area contributed by atoms with Gasteiger partial charge in [0.1, 0.15) is 11.6 Å². The van der Waals surface area contributed by atoms with Gasteiger partial charge in [-0.25, -0.2) is 4.98 Å². The van der Waals surface area contributed by atoms with Crippen molar-refractivity contribution in [3.63, 3.8) is 0 Å². The summed E-state index contributed by atoms with van der Waals surface area (Å²) in [4.78, 5) is 33.8. The average Bonchev–Trinajstić information content (AvgIpc) is 3.45. The van der Waals surface area contributed by atoms with Crippen molar-refractivity contribution in [2.45, 2.75) is 104 Å². The molecule has 0 aliphatic heterocycles. The molecule has 4 saturated carbocycles. The summed E-state index contributed by atoms with van der Waals surface area (Å²) < 4.78 is 2.49. The standard InChI is InChI=1S/C43H53Cl2N5O2/c1-4-14-49(15-5-2)34-10-7-32(8-11-34)41-47-39-22-33(9-13-40(39)50(41)26-43-23-29-17-30(24-43)19-31(18-29)25-43)38(16-27(3)51)48-42(52)37(46)21-28-6-12-35(44)36(45)20-28/h6-13,20,22,29-31,37-38H,4-5,14-19,21,23-26,46H2,1-3H3,(H,48,52)/t29?,30?,31?,37-,38?,43?/m0/s1. The smallest absolute Gasteiger partial charge is 0.237 e. The maximum Gasteiger partial charge on any atom is 0.237 e. The van der Waals surface area contributed by atoms with Crippen LogP contribution in [0.25, 0.3) is 22.4 Å². The molecule has 1 unspecified atom stereocenters. The number of anilines is 1. The summed E-state index contributed by atoms with van der Waals surface area (Å²) >= 11 is 12.3. The number of benzene rings is 3. The predicted molar refractivity (Wildman–Crippen MR) is 213 cm³/mol. The van der Waals surface area contributed by atoms with Gasteiger partial charge >= 0.3 is 0 Å². The molecule has 3 N–H and O–H groups in total. The number of carbonyl (C=O) groups is 2. The third kappa shape index (κ3) is 7.93. The van der Waals surface area contributed by atoms with Crippen molar-refractivity contribution in [1.29, 1.82) is 0 Å². The zero-order valence-electron chi connectivity index (χ0n) is 30.8. The highest BCUT2D eigenvalue weighted by molar-refractivity contribution is 6.42. The highest BCUT2D eigenvalue weighted by atomic mass is 35.5. The molecule has 0 spiro atoms. The van der Waals surface area contributed by atoms with Crippen molar-refractivity contribution in [3.8, 4) is 11.4 Å². The number of aromatic nitrogens is 2. The number of fused-ring (bicyclic) bond motifs is 1. The Bertz CT molecular complexity index is 1880. The number of nitrogens with zero attached hydrogens (tertiary/aromatic N) is 3. The van der Waals surface area contributed by atoms with Crippen LogP contribution in [0.1, 0.15) is 95.7 Å². The summed E-state index contributed by atoms with van der Waals surface area (Å²) in [6, 6.07) is 19.1. The van der Waals surface area contributed by atoms with E-state index in [1.807, 2.05) is 6.07 Å². The van der Waals surface area contributed by atoms with Crippen LogP contribution in [0.5, 0.6) is 0 Å². The monoisotopic (exact) mass is 741 g/mol. The number of amides is 1. The molecule has 0 saturated heterocycles. The van der Waals surface area contributed by atoms with Crippen LogP contribution in [0, 0.1) is 23.2 Å². The van der Waals surface area contributed by atoms with E-state index in [0.717, 1.165) is 83.8 Å². The average molecular weight is 743 g/mol. The van der Waals surface area contributed by atoms with Crippen LogP contribution in [0.3, 0.4) is 0 Å². The fraction of sp³-hybridized carbons (Fsp3) is 0.512. The molecule has 52 heavy (non-hydrogen) atoms. The lowest BCUT2D eigenvalue weighted by Gasteiger charge is -2.57. The van der Waals surface area contributed by atoms with Crippen molar-refractivity contribution in [2.75, 3.05) is 18.0 Å². The van der Waals surface area contributed by atoms with Crippen LogP contribution >= 0.6 is 23.2 Å². The molecule has 1 aromatic heterocycles. The summed E-state index contributed by atoms with van der Waals surface area (Å²) in [6.45, 7) is 9.07. The number of imidazole rings is 1. The van der Waals surface area contributed by atoms with E-state index in [0.29, 0.717) is 21.9 Å². The highest BCUT2D eigenvalue weighted by Gasteiger charge is 2.51. The van der Waals surface area contributed by atoms with Gasteiger partial charge in [-0.05, 0) is 148 Å². The van der Waals surface area contributed by atoms with Crippen molar-refractivity contribution in [2.24, 2.45) is 28.9 Å². The fourth-order valence-electron chi connectivity index (χ4n) is 10.1. The normalized spacial score (nSPS) is 23.2. The molecule has 7 nitrogen and oxygen atoms in total. The summed E-state index contributed by atoms with van der Waals surface area (Å²) in [5, 5.41) is 3.96. The SMILES string of the molecule is CCCN(CCC)c1ccc(-c2nc3cc(C(CC(C)=O)NC(=O)[C@@H](N)Cc4ccc(Cl)c(Cl)c4)ccc3n2CC23CC4CC(CC(C4)C2)C3)cc1. The molecule has 4 aliphatic carbocycles. The van der Waals surface area contributed by atoms with Crippen LogP contribution in [0.15, 0.2) is 60.7 Å². The first-order chi connectivity index (χ1) is 25.0. The number of nitrogens with two attached hydrogens (primary N) is 1. The van der Waals surface area contributed by atoms with Gasteiger partial charge < -0.3 is 20.5 Å². The second-order valence-electron chi connectivity index (χ2n) is 16.2. The Hall–Kier alpha value is -3.39. The van der Waals surface area contributed by atoms with Crippen molar-refractivity contribution < 1.29 is 9.59 Å². The van der Waals surface area contributed by atoms with Gasteiger partial charge in [0, 0.05) is 37.3 Å². The maximum atomic E-state index is 13.5. The Kier molecular flexibility index (Phi) is 11.0. The molecule has 1 heterocycles. The molecule has 4 aliphatic rings. The molecule has 1 amide bonds. The number of carbonyl (C=O) groups excluding carboxylic acids is 2. The lowest BCUT2D eigenvalue weighted by molar-refractivity contribution is -0.123. The number of nitrogens with one attached hydrogen (secondary N) is 1. The van der Waals surface area contributed by atoms with Gasteiger partial charge in [0.25, 0.3) is 0 Å². The summed E-state index contributed by atoms with van der Waals surface area (Å²) in [5.74, 6) is 3.22. The second-order valence-corrected chi connectivity index (χ2v) is 17.1. The lowest BCUT2D eigenvalue weighted by Crippen LogP contribution is -2.47. The lowest BCUT2D eigenvalue weighted by atomic mass is 9.49. The fourth-order valence-corrected chi connectivity index (χ4v) is 10.4.